The number of esters is 1. The summed E-state index contributed by atoms with van der Waals surface area (Å²) in [5.74, 6) is 0.528. The maximum atomic E-state index is 12.6. The van der Waals surface area contributed by atoms with Gasteiger partial charge in [0.25, 0.3) is 10.1 Å². The molecule has 0 aromatic carbocycles. The summed E-state index contributed by atoms with van der Waals surface area (Å²) in [4.78, 5) is 24.3. The fourth-order valence-electron chi connectivity index (χ4n) is 5.08. The molecule has 4 bridgehead atoms. The van der Waals surface area contributed by atoms with Crippen LogP contribution in [0.1, 0.15) is 44.9 Å². The highest BCUT2D eigenvalue weighted by atomic mass is 32.2. The maximum absolute atomic E-state index is 12.6. The van der Waals surface area contributed by atoms with Gasteiger partial charge >= 0.3 is 5.97 Å². The summed E-state index contributed by atoms with van der Waals surface area (Å²) >= 11 is 0. The molecule has 0 aliphatic heterocycles. The molecule has 0 radical (unpaired) electrons. The second-order valence-corrected chi connectivity index (χ2v) is 8.88. The van der Waals surface area contributed by atoms with Gasteiger partial charge in [-0.15, -0.1) is 0 Å². The topological polar surface area (TPSA) is 97.7 Å². The predicted octanol–water partition coefficient (Wildman–Crippen LogP) is 1.59. The lowest BCUT2D eigenvalue weighted by Gasteiger charge is -2.55. The third kappa shape index (κ3) is 3.35. The van der Waals surface area contributed by atoms with Crippen LogP contribution in [-0.2, 0) is 24.4 Å². The Morgan fingerprint density at radius 2 is 1.55 bits per heavy atom. The lowest BCUT2D eigenvalue weighted by molar-refractivity contribution is -0.153. The van der Waals surface area contributed by atoms with Crippen molar-refractivity contribution in [3.8, 4) is 0 Å². The minimum Gasteiger partial charge on any atom is -0.464 e. The smallest absolute Gasteiger partial charge is 0.313 e. The first-order valence-electron chi connectivity index (χ1n) is 7.90. The third-order valence-corrected chi connectivity index (χ3v) is 6.22. The number of hydrogen-bond acceptors (Lipinski definition) is 5. The van der Waals surface area contributed by atoms with E-state index in [9.17, 15) is 18.0 Å². The van der Waals surface area contributed by atoms with Crippen molar-refractivity contribution in [1.82, 2.24) is 0 Å². The molecule has 4 aliphatic rings. The number of rotatable bonds is 6. The quantitative estimate of drug-likeness (QED) is 0.451. The van der Waals surface area contributed by atoms with Crippen LogP contribution in [0.2, 0.25) is 0 Å². The Bertz CT molecular complexity index is 544. The molecule has 1 N–H and O–H groups in total. The van der Waals surface area contributed by atoms with E-state index in [0.717, 1.165) is 19.3 Å². The molecule has 4 fully saturated rings. The van der Waals surface area contributed by atoms with Crippen molar-refractivity contribution in [2.45, 2.75) is 44.9 Å². The summed E-state index contributed by atoms with van der Waals surface area (Å²) in [5.41, 5.74) is -0.336. The fourth-order valence-corrected chi connectivity index (χ4v) is 5.38. The van der Waals surface area contributed by atoms with Crippen molar-refractivity contribution in [3.63, 3.8) is 0 Å². The third-order valence-electron chi connectivity index (χ3n) is 5.54. The van der Waals surface area contributed by atoms with Crippen molar-refractivity contribution < 1.29 is 27.3 Å². The largest absolute Gasteiger partial charge is 0.464 e. The van der Waals surface area contributed by atoms with Gasteiger partial charge in [0.15, 0.2) is 0 Å². The average Bonchev–Trinajstić information content (AvgIpc) is 2.35. The number of hydrogen-bond donors (Lipinski definition) is 1. The molecule has 0 saturated heterocycles. The van der Waals surface area contributed by atoms with E-state index < -0.39 is 28.4 Å². The first-order valence-corrected chi connectivity index (χ1v) is 9.51. The lowest BCUT2D eigenvalue weighted by Crippen LogP contribution is -2.50. The van der Waals surface area contributed by atoms with E-state index in [-0.39, 0.29) is 17.6 Å². The van der Waals surface area contributed by atoms with Gasteiger partial charge in [0, 0.05) is 5.41 Å². The second-order valence-electron chi connectivity index (χ2n) is 7.30. The Labute approximate surface area is 130 Å². The van der Waals surface area contributed by atoms with Gasteiger partial charge in [0.05, 0.1) is 0 Å². The van der Waals surface area contributed by atoms with Gasteiger partial charge in [0.2, 0.25) is 0 Å². The SMILES string of the molecule is O=C(CC(=O)C12CC3CC(CC(C3)C1)C2)OCCS(=O)(=O)O. The zero-order chi connectivity index (χ0) is 16.0. The number of ketones is 1. The summed E-state index contributed by atoms with van der Waals surface area (Å²) in [6, 6.07) is 0. The van der Waals surface area contributed by atoms with Crippen LogP contribution in [0.5, 0.6) is 0 Å². The molecular weight excluding hydrogens is 308 g/mol. The van der Waals surface area contributed by atoms with Gasteiger partial charge in [-0.3, -0.25) is 14.1 Å². The molecule has 4 rings (SSSR count). The Morgan fingerprint density at radius 3 is 2.00 bits per heavy atom. The molecule has 22 heavy (non-hydrogen) atoms. The van der Waals surface area contributed by atoms with Gasteiger partial charge in [0.1, 0.15) is 24.6 Å². The van der Waals surface area contributed by atoms with Crippen LogP contribution in [0.4, 0.5) is 0 Å². The van der Waals surface area contributed by atoms with Crippen LogP contribution in [0.3, 0.4) is 0 Å². The Kier molecular flexibility index (Phi) is 4.05. The number of Topliss-reactive ketones (excluding diaryl/α,β-unsaturated/α-hetero) is 1. The molecular formula is C15H22O6S. The monoisotopic (exact) mass is 330 g/mol. The normalized spacial score (nSPS) is 36.3. The van der Waals surface area contributed by atoms with E-state index >= 15 is 0 Å². The molecule has 0 spiro atoms. The van der Waals surface area contributed by atoms with E-state index in [4.69, 9.17) is 9.29 Å². The summed E-state index contributed by atoms with van der Waals surface area (Å²) in [5, 5.41) is 0. The summed E-state index contributed by atoms with van der Waals surface area (Å²) in [6.45, 7) is -0.411. The van der Waals surface area contributed by atoms with Crippen molar-refractivity contribution in [2.75, 3.05) is 12.4 Å². The minimum atomic E-state index is -4.15. The van der Waals surface area contributed by atoms with E-state index in [0.29, 0.717) is 17.8 Å². The van der Waals surface area contributed by atoms with Gasteiger partial charge in [-0.25, -0.2) is 0 Å². The molecule has 7 heteroatoms. The molecule has 0 aromatic rings. The molecule has 0 atom stereocenters. The highest BCUT2D eigenvalue weighted by molar-refractivity contribution is 7.85. The van der Waals surface area contributed by atoms with Crippen molar-refractivity contribution in [2.24, 2.45) is 23.2 Å². The van der Waals surface area contributed by atoms with E-state index in [2.05, 4.69) is 0 Å². The molecule has 124 valence electrons. The first kappa shape index (κ1) is 15.9. The van der Waals surface area contributed by atoms with Gasteiger partial charge in [-0.1, -0.05) is 0 Å². The van der Waals surface area contributed by atoms with E-state index in [1.54, 1.807) is 0 Å². The number of ether oxygens (including phenoxy) is 1. The van der Waals surface area contributed by atoms with Crippen LogP contribution in [0.25, 0.3) is 0 Å². The predicted molar refractivity (Wildman–Crippen MR) is 77.6 cm³/mol. The van der Waals surface area contributed by atoms with Gasteiger partial charge < -0.3 is 4.74 Å². The summed E-state index contributed by atoms with van der Waals surface area (Å²) < 4.78 is 34.5. The van der Waals surface area contributed by atoms with Crippen molar-refractivity contribution in [3.05, 3.63) is 0 Å². The van der Waals surface area contributed by atoms with Gasteiger partial charge in [-0.2, -0.15) is 8.42 Å². The Hall–Kier alpha value is -0.950. The summed E-state index contributed by atoms with van der Waals surface area (Å²) in [6.07, 6.45) is 6.10. The number of carbonyl (C=O) groups excluding carboxylic acids is 2. The molecule has 4 saturated carbocycles. The standard InChI is InChI=1S/C15H22O6S/c16-13(6-14(17)21-1-2-22(18,19)20)15-7-10-3-11(8-15)5-12(4-10)9-15/h10-12H,1-9H2,(H,18,19,20). The van der Waals surface area contributed by atoms with E-state index in [1.807, 2.05) is 0 Å². The van der Waals surface area contributed by atoms with E-state index in [1.165, 1.54) is 19.3 Å². The van der Waals surface area contributed by atoms with Crippen LogP contribution >= 0.6 is 0 Å². The van der Waals surface area contributed by atoms with Crippen LogP contribution < -0.4 is 0 Å². The lowest BCUT2D eigenvalue weighted by atomic mass is 9.48. The Balaban J connectivity index is 1.55. The molecule has 0 aromatic heterocycles. The van der Waals surface area contributed by atoms with Crippen LogP contribution in [0.15, 0.2) is 0 Å². The fraction of sp³-hybridized carbons (Fsp3) is 0.867. The average molecular weight is 330 g/mol. The highest BCUT2D eigenvalue weighted by Gasteiger charge is 2.54. The molecule has 0 amide bonds. The molecule has 4 aliphatic carbocycles. The molecule has 6 nitrogen and oxygen atoms in total. The molecule has 0 unspecified atom stereocenters. The minimum absolute atomic E-state index is 0.0385. The second kappa shape index (κ2) is 5.60. The highest BCUT2D eigenvalue weighted by Crippen LogP contribution is 2.60. The molecule has 0 heterocycles. The zero-order valence-electron chi connectivity index (χ0n) is 12.5. The van der Waals surface area contributed by atoms with Crippen molar-refractivity contribution in [1.29, 1.82) is 0 Å². The van der Waals surface area contributed by atoms with Gasteiger partial charge in [-0.05, 0) is 56.3 Å². The summed E-state index contributed by atoms with van der Waals surface area (Å²) in [7, 11) is -4.15. The first-order chi connectivity index (χ1) is 10.3. The van der Waals surface area contributed by atoms with Crippen molar-refractivity contribution >= 4 is 21.9 Å². The number of carbonyl (C=O) groups is 2. The zero-order valence-corrected chi connectivity index (χ0v) is 13.3. The maximum Gasteiger partial charge on any atom is 0.313 e. The van der Waals surface area contributed by atoms with Crippen LogP contribution in [0, 0.1) is 23.2 Å². The van der Waals surface area contributed by atoms with Crippen LogP contribution in [-0.4, -0.2) is 37.1 Å². The Morgan fingerprint density at radius 1 is 1.05 bits per heavy atom.